The van der Waals surface area contributed by atoms with Crippen molar-refractivity contribution in [1.82, 2.24) is 4.98 Å². The van der Waals surface area contributed by atoms with E-state index in [2.05, 4.69) is 16.4 Å². The van der Waals surface area contributed by atoms with Crippen LogP contribution in [0.2, 0.25) is 5.15 Å². The first-order valence-corrected chi connectivity index (χ1v) is 9.86. The lowest BCUT2D eigenvalue weighted by molar-refractivity contribution is 0.102. The molecule has 1 heterocycles. The Labute approximate surface area is 180 Å². The molecule has 1 N–H and O–H groups in total. The van der Waals surface area contributed by atoms with Crippen molar-refractivity contribution in [2.24, 2.45) is 0 Å². The van der Waals surface area contributed by atoms with Crippen LogP contribution < -0.4 is 10.1 Å². The predicted molar refractivity (Wildman–Crippen MR) is 120 cm³/mol. The summed E-state index contributed by atoms with van der Waals surface area (Å²) in [5, 5.41) is 3.12. The highest BCUT2D eigenvalue weighted by Gasteiger charge is 2.13. The molecular formula is C25H19ClN2O2. The second-order valence-electron chi connectivity index (χ2n) is 6.64. The summed E-state index contributed by atoms with van der Waals surface area (Å²) in [5.74, 6) is 0.521. The molecule has 0 fully saturated rings. The number of para-hydroxylation sites is 2. The molecular weight excluding hydrogens is 396 g/mol. The predicted octanol–water partition coefficient (Wildman–Crippen LogP) is 6.23. The van der Waals surface area contributed by atoms with E-state index in [0.717, 1.165) is 22.4 Å². The van der Waals surface area contributed by atoms with E-state index >= 15 is 0 Å². The van der Waals surface area contributed by atoms with Crippen LogP contribution in [0.25, 0.3) is 11.1 Å². The number of nitrogens with zero attached hydrogens (tertiary/aromatic N) is 1. The van der Waals surface area contributed by atoms with Gasteiger partial charge in [0.15, 0.2) is 0 Å². The summed E-state index contributed by atoms with van der Waals surface area (Å²) in [4.78, 5) is 16.7. The average Bonchev–Trinajstić information content (AvgIpc) is 2.79. The van der Waals surface area contributed by atoms with Gasteiger partial charge in [-0.15, -0.1) is 0 Å². The largest absolute Gasteiger partial charge is 0.489 e. The van der Waals surface area contributed by atoms with E-state index in [0.29, 0.717) is 17.9 Å². The summed E-state index contributed by atoms with van der Waals surface area (Å²) < 4.78 is 5.86. The van der Waals surface area contributed by atoms with Crippen molar-refractivity contribution in [3.05, 3.63) is 113 Å². The van der Waals surface area contributed by atoms with Gasteiger partial charge in [-0.2, -0.15) is 0 Å². The SMILES string of the molecule is O=C(Nc1ccccc1-c1cccc(COc2ccccc2)c1)c1cccnc1Cl. The summed E-state index contributed by atoms with van der Waals surface area (Å²) >= 11 is 6.06. The zero-order chi connectivity index (χ0) is 20.8. The highest BCUT2D eigenvalue weighted by Crippen LogP contribution is 2.29. The maximum atomic E-state index is 12.7. The van der Waals surface area contributed by atoms with Crippen LogP contribution in [0.5, 0.6) is 5.75 Å². The van der Waals surface area contributed by atoms with E-state index in [1.54, 1.807) is 18.3 Å². The molecule has 1 amide bonds. The van der Waals surface area contributed by atoms with E-state index in [1.165, 1.54) is 0 Å². The van der Waals surface area contributed by atoms with Gasteiger partial charge in [-0.3, -0.25) is 4.79 Å². The van der Waals surface area contributed by atoms with Crippen molar-refractivity contribution in [2.75, 3.05) is 5.32 Å². The van der Waals surface area contributed by atoms with Crippen molar-refractivity contribution in [1.29, 1.82) is 0 Å². The lowest BCUT2D eigenvalue weighted by Crippen LogP contribution is -2.13. The number of ether oxygens (including phenoxy) is 1. The minimum absolute atomic E-state index is 0.174. The van der Waals surface area contributed by atoms with Gasteiger partial charge < -0.3 is 10.1 Å². The molecule has 0 saturated carbocycles. The molecule has 148 valence electrons. The smallest absolute Gasteiger partial charge is 0.258 e. The third kappa shape index (κ3) is 4.67. The van der Waals surface area contributed by atoms with Gasteiger partial charge in [-0.1, -0.05) is 66.2 Å². The Kier molecular flexibility index (Phi) is 6.06. The first kappa shape index (κ1) is 19.7. The first-order valence-electron chi connectivity index (χ1n) is 9.49. The Balaban J connectivity index is 1.56. The van der Waals surface area contributed by atoms with Crippen LogP contribution in [0.15, 0.2) is 97.2 Å². The summed E-state index contributed by atoms with van der Waals surface area (Å²) in [6.45, 7) is 0.456. The number of carbonyl (C=O) groups excluding carboxylic acids is 1. The van der Waals surface area contributed by atoms with E-state index in [-0.39, 0.29) is 11.1 Å². The van der Waals surface area contributed by atoms with Crippen LogP contribution in [-0.2, 0) is 6.61 Å². The number of hydrogen-bond acceptors (Lipinski definition) is 3. The number of halogens is 1. The van der Waals surface area contributed by atoms with Gasteiger partial charge in [0.05, 0.1) is 5.56 Å². The number of carbonyl (C=O) groups is 1. The number of anilines is 1. The molecule has 0 saturated heterocycles. The van der Waals surface area contributed by atoms with E-state index in [4.69, 9.17) is 16.3 Å². The maximum Gasteiger partial charge on any atom is 0.258 e. The number of nitrogens with one attached hydrogen (secondary N) is 1. The van der Waals surface area contributed by atoms with Gasteiger partial charge in [0.25, 0.3) is 5.91 Å². The molecule has 0 aliphatic carbocycles. The van der Waals surface area contributed by atoms with Gasteiger partial charge in [0, 0.05) is 17.4 Å². The molecule has 4 nitrogen and oxygen atoms in total. The fourth-order valence-corrected chi connectivity index (χ4v) is 3.31. The Morgan fingerprint density at radius 1 is 0.900 bits per heavy atom. The summed E-state index contributed by atoms with van der Waals surface area (Å²) in [5.41, 5.74) is 3.96. The lowest BCUT2D eigenvalue weighted by atomic mass is 10.0. The van der Waals surface area contributed by atoms with Gasteiger partial charge in [0.1, 0.15) is 17.5 Å². The maximum absolute atomic E-state index is 12.7. The van der Waals surface area contributed by atoms with Gasteiger partial charge in [0.2, 0.25) is 0 Å². The zero-order valence-corrected chi connectivity index (χ0v) is 16.8. The monoisotopic (exact) mass is 414 g/mol. The molecule has 5 heteroatoms. The second-order valence-corrected chi connectivity index (χ2v) is 7.00. The molecule has 0 spiro atoms. The Hall–Kier alpha value is -3.63. The van der Waals surface area contributed by atoms with Crippen molar-refractivity contribution in [3.63, 3.8) is 0 Å². The standard InChI is InChI=1S/C25H19ClN2O2/c26-24-22(13-7-15-27-24)25(29)28-23-14-5-4-12-21(23)19-9-6-8-18(16-19)17-30-20-10-2-1-3-11-20/h1-16H,17H2,(H,28,29). The quantitative estimate of drug-likeness (QED) is 0.380. The Morgan fingerprint density at radius 3 is 2.53 bits per heavy atom. The van der Waals surface area contributed by atoms with E-state index in [9.17, 15) is 4.79 Å². The molecule has 0 aliphatic rings. The lowest BCUT2D eigenvalue weighted by Gasteiger charge is -2.13. The number of aromatic nitrogens is 1. The normalized spacial score (nSPS) is 10.4. The molecule has 0 aliphatic heterocycles. The Morgan fingerprint density at radius 2 is 1.70 bits per heavy atom. The first-order chi connectivity index (χ1) is 14.7. The van der Waals surface area contributed by atoms with Crippen LogP contribution in [0.1, 0.15) is 15.9 Å². The fourth-order valence-electron chi connectivity index (χ4n) is 3.10. The number of hydrogen-bond donors (Lipinski definition) is 1. The van der Waals surface area contributed by atoms with E-state index in [1.807, 2.05) is 72.8 Å². The number of rotatable bonds is 6. The minimum Gasteiger partial charge on any atom is -0.489 e. The second kappa shape index (κ2) is 9.25. The van der Waals surface area contributed by atoms with Gasteiger partial charge in [-0.05, 0) is 47.5 Å². The molecule has 1 aromatic heterocycles. The van der Waals surface area contributed by atoms with E-state index < -0.39 is 0 Å². The number of pyridine rings is 1. The molecule has 0 atom stereocenters. The van der Waals surface area contributed by atoms with Crippen LogP contribution in [-0.4, -0.2) is 10.9 Å². The van der Waals surface area contributed by atoms with Crippen LogP contribution in [0.3, 0.4) is 0 Å². The fraction of sp³-hybridized carbons (Fsp3) is 0.0400. The molecule has 0 unspecified atom stereocenters. The van der Waals surface area contributed by atoms with Crippen molar-refractivity contribution >= 4 is 23.2 Å². The van der Waals surface area contributed by atoms with Crippen molar-refractivity contribution in [2.45, 2.75) is 6.61 Å². The van der Waals surface area contributed by atoms with Crippen molar-refractivity contribution in [3.8, 4) is 16.9 Å². The zero-order valence-electron chi connectivity index (χ0n) is 16.1. The topological polar surface area (TPSA) is 51.2 Å². The van der Waals surface area contributed by atoms with Crippen LogP contribution in [0.4, 0.5) is 5.69 Å². The molecule has 0 radical (unpaired) electrons. The summed E-state index contributed by atoms with van der Waals surface area (Å²) in [6.07, 6.45) is 1.55. The minimum atomic E-state index is -0.302. The van der Waals surface area contributed by atoms with Gasteiger partial charge in [-0.25, -0.2) is 4.98 Å². The van der Waals surface area contributed by atoms with Crippen LogP contribution >= 0.6 is 11.6 Å². The molecule has 4 rings (SSSR count). The highest BCUT2D eigenvalue weighted by molar-refractivity contribution is 6.33. The van der Waals surface area contributed by atoms with Crippen molar-refractivity contribution < 1.29 is 9.53 Å². The third-order valence-electron chi connectivity index (χ3n) is 4.57. The Bertz CT molecular complexity index is 1160. The molecule has 3 aromatic carbocycles. The van der Waals surface area contributed by atoms with Crippen LogP contribution in [0, 0.1) is 0 Å². The molecule has 4 aromatic rings. The summed E-state index contributed by atoms with van der Waals surface area (Å²) in [6, 6.07) is 28.8. The summed E-state index contributed by atoms with van der Waals surface area (Å²) in [7, 11) is 0. The third-order valence-corrected chi connectivity index (χ3v) is 4.87. The number of benzene rings is 3. The number of amides is 1. The molecule has 0 bridgehead atoms. The van der Waals surface area contributed by atoms with Gasteiger partial charge >= 0.3 is 0 Å². The highest BCUT2D eigenvalue weighted by atomic mass is 35.5. The average molecular weight is 415 g/mol. The molecule has 30 heavy (non-hydrogen) atoms.